The number of carbonyl (C=O) groups excluding carboxylic acids is 1. The van der Waals surface area contributed by atoms with Crippen LogP contribution in [0.25, 0.3) is 0 Å². The summed E-state index contributed by atoms with van der Waals surface area (Å²) in [4.78, 5) is 12.1. The molecule has 0 fully saturated rings. The highest BCUT2D eigenvalue weighted by molar-refractivity contribution is 7.99. The molecule has 2 aromatic carbocycles. The predicted molar refractivity (Wildman–Crippen MR) is 91.7 cm³/mol. The molecule has 0 aliphatic heterocycles. The lowest BCUT2D eigenvalue weighted by molar-refractivity contribution is -0.113. The molecule has 1 amide bonds. The standard InChI is InChI=1S/C18H20FNOS/c1-3-14-9-6-7-13(2)18(14)20-17(21)12-22-11-15-8-4-5-10-16(15)19/h4-10H,3,11-12H2,1-2H3,(H,20,21). The van der Waals surface area contributed by atoms with Gasteiger partial charge in [-0.3, -0.25) is 4.79 Å². The van der Waals surface area contributed by atoms with Crippen LogP contribution in [0.4, 0.5) is 10.1 Å². The number of thioether (sulfide) groups is 1. The maximum atomic E-state index is 13.5. The van der Waals surface area contributed by atoms with Crippen molar-refractivity contribution in [2.24, 2.45) is 0 Å². The Labute approximate surface area is 135 Å². The van der Waals surface area contributed by atoms with E-state index in [1.54, 1.807) is 18.2 Å². The molecule has 1 N–H and O–H groups in total. The molecule has 0 aliphatic carbocycles. The Hall–Kier alpha value is -1.81. The van der Waals surface area contributed by atoms with Crippen LogP contribution in [-0.2, 0) is 17.0 Å². The van der Waals surface area contributed by atoms with E-state index in [4.69, 9.17) is 0 Å². The summed E-state index contributed by atoms with van der Waals surface area (Å²) in [5, 5.41) is 2.98. The van der Waals surface area contributed by atoms with E-state index < -0.39 is 0 Å². The molecular weight excluding hydrogens is 297 g/mol. The van der Waals surface area contributed by atoms with Gasteiger partial charge in [0.1, 0.15) is 5.82 Å². The van der Waals surface area contributed by atoms with Crippen LogP contribution < -0.4 is 5.32 Å². The Kier molecular flexibility index (Phi) is 6.01. The first-order valence-electron chi connectivity index (χ1n) is 7.31. The number of aryl methyl sites for hydroxylation is 2. The summed E-state index contributed by atoms with van der Waals surface area (Å²) in [6, 6.07) is 12.7. The van der Waals surface area contributed by atoms with Crippen LogP contribution in [0, 0.1) is 12.7 Å². The molecule has 4 heteroatoms. The second-order valence-electron chi connectivity index (χ2n) is 5.09. The van der Waals surface area contributed by atoms with Crippen molar-refractivity contribution in [3.63, 3.8) is 0 Å². The number of amides is 1. The number of carbonyl (C=O) groups is 1. The quantitative estimate of drug-likeness (QED) is 0.845. The highest BCUT2D eigenvalue weighted by Gasteiger charge is 2.09. The summed E-state index contributed by atoms with van der Waals surface area (Å²) >= 11 is 1.42. The van der Waals surface area contributed by atoms with Gasteiger partial charge in [0.15, 0.2) is 0 Å². The maximum Gasteiger partial charge on any atom is 0.234 e. The number of hydrogen-bond acceptors (Lipinski definition) is 2. The monoisotopic (exact) mass is 317 g/mol. The Morgan fingerprint density at radius 1 is 1.14 bits per heavy atom. The number of nitrogens with one attached hydrogen (secondary N) is 1. The van der Waals surface area contributed by atoms with Crippen molar-refractivity contribution in [1.82, 2.24) is 0 Å². The third-order valence-corrected chi connectivity index (χ3v) is 4.43. The third kappa shape index (κ3) is 4.34. The lowest BCUT2D eigenvalue weighted by Crippen LogP contribution is -2.16. The molecule has 0 bridgehead atoms. The highest BCUT2D eigenvalue weighted by atomic mass is 32.2. The summed E-state index contributed by atoms with van der Waals surface area (Å²) in [7, 11) is 0. The van der Waals surface area contributed by atoms with Crippen LogP contribution >= 0.6 is 11.8 Å². The van der Waals surface area contributed by atoms with E-state index in [1.165, 1.54) is 17.8 Å². The fraction of sp³-hybridized carbons (Fsp3) is 0.278. The molecule has 0 radical (unpaired) electrons. The third-order valence-electron chi connectivity index (χ3n) is 3.45. The maximum absolute atomic E-state index is 13.5. The first-order chi connectivity index (χ1) is 10.6. The summed E-state index contributed by atoms with van der Waals surface area (Å²) < 4.78 is 13.5. The van der Waals surface area contributed by atoms with Crippen LogP contribution in [0.3, 0.4) is 0 Å². The van der Waals surface area contributed by atoms with Gasteiger partial charge < -0.3 is 5.32 Å². The number of rotatable bonds is 6. The number of anilines is 1. The first kappa shape index (κ1) is 16.6. The number of benzene rings is 2. The number of halogens is 1. The highest BCUT2D eigenvalue weighted by Crippen LogP contribution is 2.22. The van der Waals surface area contributed by atoms with Crippen molar-refractivity contribution in [3.8, 4) is 0 Å². The average molecular weight is 317 g/mol. The Morgan fingerprint density at radius 3 is 2.59 bits per heavy atom. The lowest BCUT2D eigenvalue weighted by Gasteiger charge is -2.12. The van der Waals surface area contributed by atoms with Crippen molar-refractivity contribution in [2.45, 2.75) is 26.0 Å². The smallest absolute Gasteiger partial charge is 0.234 e. The van der Waals surface area contributed by atoms with Crippen molar-refractivity contribution in [2.75, 3.05) is 11.1 Å². The minimum absolute atomic E-state index is 0.0506. The van der Waals surface area contributed by atoms with Crippen LogP contribution in [0.15, 0.2) is 42.5 Å². The molecule has 0 aliphatic rings. The normalized spacial score (nSPS) is 10.5. The van der Waals surface area contributed by atoms with E-state index in [-0.39, 0.29) is 11.7 Å². The molecule has 0 saturated carbocycles. The van der Waals surface area contributed by atoms with E-state index in [9.17, 15) is 9.18 Å². The zero-order chi connectivity index (χ0) is 15.9. The van der Waals surface area contributed by atoms with Crippen LogP contribution in [0.5, 0.6) is 0 Å². The molecule has 0 unspecified atom stereocenters. The van der Waals surface area contributed by atoms with Gasteiger partial charge in [0.25, 0.3) is 0 Å². The summed E-state index contributed by atoms with van der Waals surface area (Å²) in [5.74, 6) is 0.535. The lowest BCUT2D eigenvalue weighted by atomic mass is 10.1. The fourth-order valence-corrected chi connectivity index (χ4v) is 3.06. The molecule has 22 heavy (non-hydrogen) atoms. The minimum atomic E-state index is -0.220. The van der Waals surface area contributed by atoms with Crippen LogP contribution in [0.2, 0.25) is 0 Å². The second kappa shape index (κ2) is 7.99. The molecule has 2 nitrogen and oxygen atoms in total. The fourth-order valence-electron chi connectivity index (χ4n) is 2.25. The first-order valence-corrected chi connectivity index (χ1v) is 8.46. The van der Waals surface area contributed by atoms with Gasteiger partial charge >= 0.3 is 0 Å². The number of para-hydroxylation sites is 1. The Bertz CT molecular complexity index is 657. The van der Waals surface area contributed by atoms with Gasteiger partial charge in [0.05, 0.1) is 5.75 Å². The Balaban J connectivity index is 1.90. The van der Waals surface area contributed by atoms with Gasteiger partial charge in [-0.25, -0.2) is 4.39 Å². The van der Waals surface area contributed by atoms with Crippen LogP contribution in [-0.4, -0.2) is 11.7 Å². The second-order valence-corrected chi connectivity index (χ2v) is 6.08. The molecule has 2 rings (SSSR count). The van der Waals surface area contributed by atoms with Gasteiger partial charge in [0.2, 0.25) is 5.91 Å². The van der Waals surface area contributed by atoms with Crippen molar-refractivity contribution >= 4 is 23.4 Å². The van der Waals surface area contributed by atoms with E-state index in [1.807, 2.05) is 25.1 Å². The molecule has 0 aromatic heterocycles. The topological polar surface area (TPSA) is 29.1 Å². The number of hydrogen-bond donors (Lipinski definition) is 1. The SMILES string of the molecule is CCc1cccc(C)c1NC(=O)CSCc1ccccc1F. The van der Waals surface area contributed by atoms with Gasteiger partial charge in [-0.15, -0.1) is 11.8 Å². The Morgan fingerprint density at radius 2 is 1.86 bits per heavy atom. The van der Waals surface area contributed by atoms with Gasteiger partial charge in [-0.05, 0) is 36.1 Å². The summed E-state index contributed by atoms with van der Waals surface area (Å²) in [6.07, 6.45) is 0.875. The molecule has 0 saturated heterocycles. The molecule has 116 valence electrons. The van der Waals surface area contributed by atoms with Crippen LogP contribution in [0.1, 0.15) is 23.6 Å². The van der Waals surface area contributed by atoms with E-state index in [0.29, 0.717) is 17.1 Å². The molecule has 0 spiro atoms. The molecule has 0 atom stereocenters. The minimum Gasteiger partial charge on any atom is -0.325 e. The van der Waals surface area contributed by atoms with Crippen molar-refractivity contribution in [1.29, 1.82) is 0 Å². The average Bonchev–Trinajstić information content (AvgIpc) is 2.51. The van der Waals surface area contributed by atoms with Gasteiger partial charge in [-0.2, -0.15) is 0 Å². The van der Waals surface area contributed by atoms with E-state index in [0.717, 1.165) is 23.2 Å². The zero-order valence-corrected chi connectivity index (χ0v) is 13.7. The summed E-state index contributed by atoms with van der Waals surface area (Å²) in [6.45, 7) is 4.05. The van der Waals surface area contributed by atoms with Crippen molar-refractivity contribution in [3.05, 3.63) is 65.0 Å². The largest absolute Gasteiger partial charge is 0.325 e. The zero-order valence-electron chi connectivity index (χ0n) is 12.9. The molecular formula is C18H20FNOS. The van der Waals surface area contributed by atoms with E-state index in [2.05, 4.69) is 12.2 Å². The van der Waals surface area contributed by atoms with Crippen molar-refractivity contribution < 1.29 is 9.18 Å². The molecule has 0 heterocycles. The van der Waals surface area contributed by atoms with Gasteiger partial charge in [0, 0.05) is 11.4 Å². The molecule has 2 aromatic rings. The predicted octanol–water partition coefficient (Wildman–Crippen LogP) is 4.57. The summed E-state index contributed by atoms with van der Waals surface area (Å²) in [5.41, 5.74) is 3.73. The van der Waals surface area contributed by atoms with E-state index >= 15 is 0 Å². The van der Waals surface area contributed by atoms with Gasteiger partial charge in [-0.1, -0.05) is 43.3 Å².